The first kappa shape index (κ1) is 26.0. The number of nitrogens with zero attached hydrogens (tertiary/aromatic N) is 2. The molecule has 0 radical (unpaired) electrons. The predicted molar refractivity (Wildman–Crippen MR) is 154 cm³/mol. The number of piperidine rings is 2. The van der Waals surface area contributed by atoms with Crippen molar-refractivity contribution in [1.82, 2.24) is 9.80 Å². The highest BCUT2D eigenvalue weighted by Gasteiger charge is 2.25. The van der Waals surface area contributed by atoms with E-state index in [0.717, 1.165) is 44.6 Å². The molecule has 0 spiro atoms. The van der Waals surface area contributed by atoms with E-state index in [4.69, 9.17) is 4.74 Å². The molecule has 2 fully saturated rings. The maximum atomic E-state index is 6.62. The average Bonchev–Trinajstić information content (AvgIpc) is 2.97. The summed E-state index contributed by atoms with van der Waals surface area (Å²) in [6.07, 6.45) is 10.4. The van der Waals surface area contributed by atoms with Crippen LogP contribution in [0.25, 0.3) is 0 Å². The van der Waals surface area contributed by atoms with E-state index in [9.17, 15) is 0 Å². The smallest absolute Gasteiger partial charge is 0.122 e. The molecule has 2 aliphatic rings. The van der Waals surface area contributed by atoms with Gasteiger partial charge in [0.1, 0.15) is 11.9 Å². The van der Waals surface area contributed by atoms with Crippen molar-refractivity contribution in [2.24, 2.45) is 0 Å². The van der Waals surface area contributed by atoms with Gasteiger partial charge < -0.3 is 14.5 Å². The molecule has 3 nitrogen and oxygen atoms in total. The van der Waals surface area contributed by atoms with Gasteiger partial charge in [-0.25, -0.2) is 0 Å². The molecule has 0 amide bonds. The number of likely N-dealkylation sites (tertiary alicyclic amines) is 2. The van der Waals surface area contributed by atoms with Crippen LogP contribution in [0.2, 0.25) is 0 Å². The minimum Gasteiger partial charge on any atom is -0.490 e. The summed E-state index contributed by atoms with van der Waals surface area (Å²) < 4.78 is 6.62. The third-order valence-corrected chi connectivity index (χ3v) is 8.26. The maximum Gasteiger partial charge on any atom is 0.122 e. The summed E-state index contributed by atoms with van der Waals surface area (Å²) in [6, 6.07) is 30.7. The first-order valence-electron chi connectivity index (χ1n) is 14.6. The second-order valence-corrected chi connectivity index (χ2v) is 11.0. The van der Waals surface area contributed by atoms with Crippen LogP contribution in [0.4, 0.5) is 0 Å². The number of hydrogen-bond acceptors (Lipinski definition) is 3. The van der Waals surface area contributed by atoms with Crippen LogP contribution in [-0.2, 0) is 6.42 Å². The minimum atomic E-state index is 0.317. The quantitative estimate of drug-likeness (QED) is 0.262. The van der Waals surface area contributed by atoms with E-state index in [1.165, 1.54) is 68.4 Å². The fraction of sp³-hybridized carbons (Fsp3) is 0.471. The van der Waals surface area contributed by atoms with Crippen molar-refractivity contribution in [3.8, 4) is 5.75 Å². The van der Waals surface area contributed by atoms with Crippen LogP contribution in [0, 0.1) is 0 Å². The van der Waals surface area contributed by atoms with E-state index in [-0.39, 0.29) is 0 Å². The van der Waals surface area contributed by atoms with Gasteiger partial charge in [-0.05, 0) is 87.3 Å². The summed E-state index contributed by atoms with van der Waals surface area (Å²) >= 11 is 0. The standard InChI is InChI=1S/C34H44N2O/c1-4-14-29(15-5-1)33(30-16-6-2-7-17-30)28-36-26-21-32(22-27-36)37-34-20-9-8-18-31(34)19-10-13-25-35-23-11-3-12-24-35/h1-2,4-9,14-18,20,32-33H,3,10-13,19,21-28H2. The summed E-state index contributed by atoms with van der Waals surface area (Å²) in [5.74, 6) is 1.52. The monoisotopic (exact) mass is 496 g/mol. The molecule has 0 aromatic heterocycles. The van der Waals surface area contributed by atoms with Crippen molar-refractivity contribution in [3.63, 3.8) is 0 Å². The molecular formula is C34H44N2O. The molecular weight excluding hydrogens is 452 g/mol. The van der Waals surface area contributed by atoms with Gasteiger partial charge in [0, 0.05) is 25.6 Å². The van der Waals surface area contributed by atoms with Crippen molar-refractivity contribution in [2.45, 2.75) is 63.4 Å². The van der Waals surface area contributed by atoms with Crippen LogP contribution in [0.15, 0.2) is 84.9 Å². The Balaban J connectivity index is 1.11. The second-order valence-electron chi connectivity index (χ2n) is 11.0. The normalized spacial score (nSPS) is 17.8. The number of para-hydroxylation sites is 1. The van der Waals surface area contributed by atoms with Crippen molar-refractivity contribution < 1.29 is 4.74 Å². The minimum absolute atomic E-state index is 0.317. The molecule has 2 heterocycles. The molecule has 0 bridgehead atoms. The van der Waals surface area contributed by atoms with E-state index >= 15 is 0 Å². The summed E-state index contributed by atoms with van der Waals surface area (Å²) in [5.41, 5.74) is 4.19. The van der Waals surface area contributed by atoms with E-state index in [0.29, 0.717) is 12.0 Å². The Morgan fingerprint density at radius 1 is 0.649 bits per heavy atom. The van der Waals surface area contributed by atoms with Gasteiger partial charge in [-0.15, -0.1) is 0 Å². The SMILES string of the molecule is c1ccc(C(CN2CCC(Oc3ccccc3CCCCN3CCCCC3)CC2)c2ccccc2)cc1. The van der Waals surface area contributed by atoms with Gasteiger partial charge in [-0.1, -0.05) is 85.3 Å². The lowest BCUT2D eigenvalue weighted by Gasteiger charge is -2.35. The molecule has 5 rings (SSSR count). The number of rotatable bonds is 11. The van der Waals surface area contributed by atoms with Crippen LogP contribution < -0.4 is 4.74 Å². The van der Waals surface area contributed by atoms with Crippen molar-refractivity contribution in [3.05, 3.63) is 102 Å². The third kappa shape index (κ3) is 7.69. The molecule has 0 unspecified atom stereocenters. The molecule has 0 N–H and O–H groups in total. The van der Waals surface area contributed by atoms with Crippen LogP contribution in [-0.4, -0.2) is 55.2 Å². The van der Waals surface area contributed by atoms with Gasteiger partial charge in [0.15, 0.2) is 0 Å². The Kier molecular flexibility index (Phi) is 9.69. The van der Waals surface area contributed by atoms with Gasteiger partial charge in [-0.2, -0.15) is 0 Å². The first-order valence-corrected chi connectivity index (χ1v) is 14.6. The Labute approximate surface area is 224 Å². The lowest BCUT2D eigenvalue weighted by atomic mass is 9.90. The van der Waals surface area contributed by atoms with Crippen LogP contribution >= 0.6 is 0 Å². The zero-order valence-corrected chi connectivity index (χ0v) is 22.4. The van der Waals surface area contributed by atoms with Gasteiger partial charge in [0.25, 0.3) is 0 Å². The van der Waals surface area contributed by atoms with Gasteiger partial charge >= 0.3 is 0 Å². The Bertz CT molecular complexity index is 1000. The highest BCUT2D eigenvalue weighted by Crippen LogP contribution is 2.29. The van der Waals surface area contributed by atoms with Crippen molar-refractivity contribution in [2.75, 3.05) is 39.3 Å². The van der Waals surface area contributed by atoms with E-state index in [1.807, 2.05) is 0 Å². The fourth-order valence-corrected chi connectivity index (χ4v) is 6.08. The molecule has 0 saturated carbocycles. The average molecular weight is 497 g/mol. The summed E-state index contributed by atoms with van der Waals surface area (Å²) in [5, 5.41) is 0. The van der Waals surface area contributed by atoms with Crippen LogP contribution in [0.1, 0.15) is 67.6 Å². The van der Waals surface area contributed by atoms with Gasteiger partial charge in [0.05, 0.1) is 0 Å². The van der Waals surface area contributed by atoms with E-state index < -0.39 is 0 Å². The second kappa shape index (κ2) is 13.8. The highest BCUT2D eigenvalue weighted by atomic mass is 16.5. The Hall–Kier alpha value is -2.62. The maximum absolute atomic E-state index is 6.62. The zero-order chi connectivity index (χ0) is 25.1. The number of hydrogen-bond donors (Lipinski definition) is 0. The number of benzene rings is 3. The van der Waals surface area contributed by atoms with Gasteiger partial charge in [-0.3, -0.25) is 0 Å². The first-order chi connectivity index (χ1) is 18.3. The fourth-order valence-electron chi connectivity index (χ4n) is 6.08. The Morgan fingerprint density at radius 3 is 1.95 bits per heavy atom. The van der Waals surface area contributed by atoms with Crippen molar-refractivity contribution >= 4 is 0 Å². The predicted octanol–water partition coefficient (Wildman–Crippen LogP) is 7.17. The number of ether oxygens (including phenoxy) is 1. The molecule has 2 aliphatic heterocycles. The lowest BCUT2D eigenvalue weighted by molar-refractivity contribution is 0.0980. The largest absolute Gasteiger partial charge is 0.490 e. The summed E-state index contributed by atoms with van der Waals surface area (Å²) in [4.78, 5) is 5.29. The van der Waals surface area contributed by atoms with E-state index in [2.05, 4.69) is 94.7 Å². The van der Waals surface area contributed by atoms with Crippen molar-refractivity contribution in [1.29, 1.82) is 0 Å². The number of aryl methyl sites for hydroxylation is 1. The molecule has 0 atom stereocenters. The zero-order valence-electron chi connectivity index (χ0n) is 22.4. The molecule has 196 valence electrons. The summed E-state index contributed by atoms with van der Waals surface area (Å²) in [6.45, 7) is 7.12. The van der Waals surface area contributed by atoms with Gasteiger partial charge in [0.2, 0.25) is 0 Å². The summed E-state index contributed by atoms with van der Waals surface area (Å²) in [7, 11) is 0. The van der Waals surface area contributed by atoms with Crippen LogP contribution in [0.3, 0.4) is 0 Å². The molecule has 2 saturated heterocycles. The topological polar surface area (TPSA) is 15.7 Å². The number of unbranched alkanes of at least 4 members (excludes halogenated alkanes) is 1. The molecule has 37 heavy (non-hydrogen) atoms. The molecule has 0 aliphatic carbocycles. The Morgan fingerprint density at radius 2 is 1.27 bits per heavy atom. The third-order valence-electron chi connectivity index (χ3n) is 8.26. The molecule has 3 aromatic rings. The molecule has 3 aromatic carbocycles. The van der Waals surface area contributed by atoms with Crippen LogP contribution in [0.5, 0.6) is 5.75 Å². The van der Waals surface area contributed by atoms with E-state index in [1.54, 1.807) is 0 Å². The highest BCUT2D eigenvalue weighted by molar-refractivity contribution is 5.34. The molecule has 3 heteroatoms. The lowest BCUT2D eigenvalue weighted by Crippen LogP contribution is -2.40.